The fraction of sp³-hybridized carbons (Fsp3) is 0.200. The van der Waals surface area contributed by atoms with Crippen molar-refractivity contribution in [2.45, 2.75) is 92.9 Å². The number of primary amides is 4. The molecular formula is C80H81N9O9S. The van der Waals surface area contributed by atoms with Crippen LogP contribution in [-0.2, 0) is 51.9 Å². The number of benzene rings is 8. The fourth-order valence-corrected chi connectivity index (χ4v) is 13.1. The van der Waals surface area contributed by atoms with Crippen LogP contribution in [0.1, 0.15) is 89.5 Å². The van der Waals surface area contributed by atoms with E-state index in [-0.39, 0.29) is 65.9 Å². The molecular weight excluding hydrogens is 1260 g/mol. The Hall–Kier alpha value is -11.7. The van der Waals surface area contributed by atoms with Gasteiger partial charge in [-0.05, 0) is 223 Å². The first kappa shape index (κ1) is 71.6. The maximum absolute atomic E-state index is 11.3. The van der Waals surface area contributed by atoms with Gasteiger partial charge in [0.15, 0.2) is 0 Å². The van der Waals surface area contributed by atoms with E-state index in [0.717, 1.165) is 140 Å². The molecule has 506 valence electrons. The largest absolute Gasteiger partial charge is 0.508 e. The van der Waals surface area contributed by atoms with Gasteiger partial charge in [0, 0.05) is 61.3 Å². The van der Waals surface area contributed by atoms with Crippen molar-refractivity contribution < 1.29 is 44.1 Å². The molecule has 0 spiro atoms. The third-order valence-corrected chi connectivity index (χ3v) is 18.0. The first-order valence-electron chi connectivity index (χ1n) is 32.3. The number of carbonyl (C=O) groups excluding carboxylic acids is 4. The van der Waals surface area contributed by atoms with Crippen molar-refractivity contribution in [1.29, 1.82) is 0 Å². The molecule has 0 radical (unpaired) electrons. The van der Waals surface area contributed by atoms with Crippen LogP contribution in [0, 0.1) is 27.7 Å². The number of nitrogens with two attached hydrogens (primary N) is 4. The van der Waals surface area contributed by atoms with Gasteiger partial charge in [0.25, 0.3) is 0 Å². The molecule has 19 heteroatoms. The van der Waals surface area contributed by atoms with E-state index in [2.05, 4.69) is 57.5 Å². The molecule has 3 aromatic heterocycles. The highest BCUT2D eigenvalue weighted by atomic mass is 32.1. The molecule has 0 bridgehead atoms. The molecule has 18 nitrogen and oxygen atoms in total. The highest BCUT2D eigenvalue weighted by Crippen LogP contribution is 2.39. The monoisotopic (exact) mass is 1340 g/mol. The molecule has 11 aromatic rings. The Kier molecular flexibility index (Phi) is 23.7. The number of aromatic nitrogens is 4. The average Bonchev–Trinajstić information content (AvgIpc) is 1.80. The number of rotatable bonds is 20. The van der Waals surface area contributed by atoms with Crippen LogP contribution in [0.25, 0.3) is 82.9 Å². The Morgan fingerprint density at radius 3 is 1.19 bits per heavy atom. The van der Waals surface area contributed by atoms with Gasteiger partial charge >= 0.3 is 0 Å². The summed E-state index contributed by atoms with van der Waals surface area (Å²) >= 11 is 1.66. The topological polar surface area (TPSA) is 322 Å². The highest BCUT2D eigenvalue weighted by molar-refractivity contribution is 7.15. The molecule has 0 fully saturated rings. The van der Waals surface area contributed by atoms with Gasteiger partial charge in [-0.25, -0.2) is 4.98 Å². The Balaban J connectivity index is 0.000000154. The number of hydrogen-bond donors (Lipinski definition) is 8. The average molecular weight is 1340 g/mol. The van der Waals surface area contributed by atoms with Crippen molar-refractivity contribution in [3.63, 3.8) is 0 Å². The molecule has 99 heavy (non-hydrogen) atoms. The van der Waals surface area contributed by atoms with Crippen molar-refractivity contribution in [1.82, 2.24) is 19.9 Å². The third kappa shape index (κ3) is 18.9. The third-order valence-electron chi connectivity index (χ3n) is 16.8. The first-order chi connectivity index (χ1) is 47.4. The number of aromatic hydroxyl groups is 4. The van der Waals surface area contributed by atoms with Gasteiger partial charge in [0.05, 0.1) is 33.5 Å². The Morgan fingerprint density at radius 2 is 0.848 bits per heavy atom. The number of nitrogens with zero attached hydrogens (tertiary/aromatic N) is 5. The molecule has 12 N–H and O–H groups in total. The van der Waals surface area contributed by atoms with Gasteiger partial charge < -0.3 is 47.9 Å². The lowest BCUT2D eigenvalue weighted by Gasteiger charge is -2.14. The Labute approximate surface area is 579 Å². The number of allylic oxidation sites excluding steroid dienone is 1. The summed E-state index contributed by atoms with van der Waals surface area (Å²) in [5.74, 6) is 0.294. The number of thiazole rings is 1. The standard InChI is InChI=1S/C21H22N2O2.C20H20N2O3.C20H20N2O2S.C19H19N3O2/c1-13-12-23-14(2)21(13)17-6-8-19(15-4-3-5-18(24)11-15)16(10-17)7-9-20(22)25;1-12-20(13(2)25-22-12)16-6-8-18(14-4-3-5-17(23)11-14)15(10-16)7-9-19(21)24;1-12-20(25-13(2)22-12)16-6-8-18(14-4-3-5-17(23)11-14)15(10-16)7-9-19(21)24;1-22-18(9-10-21-22)15-5-7-17(13-3-2-4-16(23)12-13)14(11-15)6-8-19(20)24/h3-6,8,10-11,24H,7,9,12H2,1-2H3,(H2,22,25);2*3-6,8,10-11,23H,7,9H2,1-2H3,(H2,21,24);2-5,7,9-12,23H,6,8H2,1H3,(H2,20,24). The summed E-state index contributed by atoms with van der Waals surface area (Å²) in [5.41, 5.74) is 44.5. The highest BCUT2D eigenvalue weighted by Gasteiger charge is 2.20. The number of aliphatic imine (C=N–C) groups is 1. The molecule has 0 atom stereocenters. The molecule has 12 rings (SSSR count). The van der Waals surface area contributed by atoms with E-state index in [1.165, 1.54) is 11.1 Å². The van der Waals surface area contributed by atoms with Gasteiger partial charge in [-0.3, -0.25) is 28.9 Å². The summed E-state index contributed by atoms with van der Waals surface area (Å²) in [6.45, 7) is 12.6. The van der Waals surface area contributed by atoms with Crippen LogP contribution >= 0.6 is 11.3 Å². The molecule has 1 aliphatic heterocycles. The van der Waals surface area contributed by atoms with Crippen LogP contribution in [0.5, 0.6) is 23.0 Å². The van der Waals surface area contributed by atoms with Gasteiger partial charge in [-0.15, -0.1) is 11.3 Å². The van der Waals surface area contributed by atoms with Crippen molar-refractivity contribution in [3.8, 4) is 100 Å². The van der Waals surface area contributed by atoms with Gasteiger partial charge in [0.1, 0.15) is 28.8 Å². The van der Waals surface area contributed by atoms with E-state index >= 15 is 0 Å². The fourth-order valence-electron chi connectivity index (χ4n) is 12.2. The smallest absolute Gasteiger partial charge is 0.217 e. The second-order valence-corrected chi connectivity index (χ2v) is 25.5. The molecule has 0 aliphatic carbocycles. The summed E-state index contributed by atoms with van der Waals surface area (Å²) < 4.78 is 7.07. The number of aryl methyl sites for hydroxylation is 9. The summed E-state index contributed by atoms with van der Waals surface area (Å²) in [5, 5.41) is 48.3. The van der Waals surface area contributed by atoms with Crippen molar-refractivity contribution >= 4 is 46.3 Å². The van der Waals surface area contributed by atoms with E-state index in [1.54, 1.807) is 82.9 Å². The quantitative estimate of drug-likeness (QED) is 0.0353. The van der Waals surface area contributed by atoms with Crippen molar-refractivity contribution in [2.75, 3.05) is 6.54 Å². The van der Waals surface area contributed by atoms with Gasteiger partial charge in [0.2, 0.25) is 23.6 Å². The van der Waals surface area contributed by atoms with Crippen molar-refractivity contribution in [2.24, 2.45) is 35.0 Å². The van der Waals surface area contributed by atoms with Crippen LogP contribution in [-0.4, -0.2) is 76.2 Å². The minimum atomic E-state index is -0.343. The van der Waals surface area contributed by atoms with Crippen LogP contribution in [0.15, 0.2) is 197 Å². The van der Waals surface area contributed by atoms with Crippen molar-refractivity contribution in [3.05, 3.63) is 238 Å². The zero-order valence-corrected chi connectivity index (χ0v) is 57.3. The molecule has 4 heterocycles. The van der Waals surface area contributed by atoms with E-state index < -0.39 is 0 Å². The zero-order valence-electron chi connectivity index (χ0n) is 56.5. The van der Waals surface area contributed by atoms with E-state index in [4.69, 9.17) is 27.5 Å². The maximum Gasteiger partial charge on any atom is 0.217 e. The number of phenols is 4. The first-order valence-corrected chi connectivity index (χ1v) is 33.1. The van der Waals surface area contributed by atoms with E-state index in [1.807, 2.05) is 127 Å². The molecule has 1 aliphatic rings. The predicted molar refractivity (Wildman–Crippen MR) is 393 cm³/mol. The molecule has 8 aromatic carbocycles. The molecule has 0 unspecified atom stereocenters. The summed E-state index contributed by atoms with van der Waals surface area (Å²) in [7, 11) is 1.89. The summed E-state index contributed by atoms with van der Waals surface area (Å²) in [6.07, 6.45) is 5.07. The second-order valence-electron chi connectivity index (χ2n) is 24.3. The lowest BCUT2D eigenvalue weighted by Crippen LogP contribution is -2.11. The lowest BCUT2D eigenvalue weighted by molar-refractivity contribution is -0.118. The zero-order chi connectivity index (χ0) is 71.0. The maximum atomic E-state index is 11.3. The van der Waals surface area contributed by atoms with E-state index in [9.17, 15) is 39.6 Å². The van der Waals surface area contributed by atoms with Crippen LogP contribution < -0.4 is 22.9 Å². The lowest BCUT2D eigenvalue weighted by atomic mass is 9.90. The number of hydrogen-bond acceptors (Lipinski definition) is 14. The summed E-state index contributed by atoms with van der Waals surface area (Å²) in [4.78, 5) is 55.1. The SMILES string of the molecule is CC1=NCC(C)=C1c1ccc(-c2cccc(O)c2)c(CCC(N)=O)c1.Cc1nc(C)c(-c2ccc(-c3cccc(O)c3)c(CCC(N)=O)c2)s1.Cc1noc(C)c1-c1ccc(-c2cccc(O)c2)c(CCC(N)=O)c1.Cn1nccc1-c1ccc(-c2cccc(O)c2)c(CCC(N)=O)c1. The minimum absolute atomic E-state index is 0.202. The minimum Gasteiger partial charge on any atom is -0.508 e. The summed E-state index contributed by atoms with van der Waals surface area (Å²) in [6, 6.07) is 54.9. The Bertz CT molecular complexity index is 4830. The number of phenolic OH excluding ortho intramolecular Hbond substituents is 4. The van der Waals surface area contributed by atoms with Crippen LogP contribution in [0.3, 0.4) is 0 Å². The van der Waals surface area contributed by atoms with Crippen LogP contribution in [0.2, 0.25) is 0 Å². The molecule has 4 amide bonds. The normalized spacial score (nSPS) is 11.6. The van der Waals surface area contributed by atoms with E-state index in [0.29, 0.717) is 32.1 Å². The number of amides is 4. The van der Waals surface area contributed by atoms with Crippen LogP contribution in [0.4, 0.5) is 0 Å². The van der Waals surface area contributed by atoms with Gasteiger partial charge in [-0.2, -0.15) is 5.10 Å². The van der Waals surface area contributed by atoms with Gasteiger partial charge in [-0.1, -0.05) is 114 Å². The predicted octanol–water partition coefficient (Wildman–Crippen LogP) is 14.6. The second kappa shape index (κ2) is 32.8. The Morgan fingerprint density at radius 1 is 0.465 bits per heavy atom. The molecule has 0 saturated heterocycles. The number of carbonyl (C=O) groups is 4. The molecule has 0 saturated carbocycles.